The maximum absolute atomic E-state index is 13.4. The molecule has 0 heterocycles. The molecule has 3 atom stereocenters. The van der Waals surface area contributed by atoms with E-state index in [4.69, 9.17) is 0 Å². The predicted molar refractivity (Wildman–Crippen MR) is 83.5 cm³/mol. The number of benzene rings is 1. The molecule has 0 aliphatic heterocycles. The number of rotatable bonds is 3. The molecule has 2 heteroatoms. The van der Waals surface area contributed by atoms with Crippen molar-refractivity contribution < 1.29 is 4.39 Å². The predicted octanol–water partition coefficient (Wildman–Crippen LogP) is 4.44. The summed E-state index contributed by atoms with van der Waals surface area (Å²) in [6.07, 6.45) is 3.79. The van der Waals surface area contributed by atoms with E-state index in [1.54, 1.807) is 12.1 Å². The summed E-state index contributed by atoms with van der Waals surface area (Å²) in [5.41, 5.74) is 2.44. The van der Waals surface area contributed by atoms with Crippen molar-refractivity contribution >= 4 is 0 Å². The van der Waals surface area contributed by atoms with Crippen LogP contribution >= 0.6 is 0 Å². The summed E-state index contributed by atoms with van der Waals surface area (Å²) in [7, 11) is 2.07. The maximum atomic E-state index is 13.4. The van der Waals surface area contributed by atoms with Gasteiger partial charge in [0.1, 0.15) is 5.82 Å². The fourth-order valence-electron chi connectivity index (χ4n) is 4.11. The van der Waals surface area contributed by atoms with E-state index in [0.717, 1.165) is 11.5 Å². The molecule has 2 rings (SSSR count). The quantitative estimate of drug-likeness (QED) is 0.861. The summed E-state index contributed by atoms with van der Waals surface area (Å²) in [6, 6.07) is 5.80. The first-order valence-electron chi connectivity index (χ1n) is 7.80. The van der Waals surface area contributed by atoms with Gasteiger partial charge in [0.15, 0.2) is 0 Å². The Kier molecular flexibility index (Phi) is 4.53. The lowest BCUT2D eigenvalue weighted by atomic mass is 9.63. The average molecular weight is 277 g/mol. The van der Waals surface area contributed by atoms with Crippen molar-refractivity contribution in [1.29, 1.82) is 0 Å². The van der Waals surface area contributed by atoms with Crippen LogP contribution < -0.4 is 5.32 Å². The molecule has 1 nitrogen and oxygen atoms in total. The van der Waals surface area contributed by atoms with Crippen LogP contribution in [-0.2, 0) is 5.41 Å². The van der Waals surface area contributed by atoms with Gasteiger partial charge in [-0.15, -0.1) is 0 Å². The zero-order valence-electron chi connectivity index (χ0n) is 13.5. The topological polar surface area (TPSA) is 12.0 Å². The van der Waals surface area contributed by atoms with Crippen molar-refractivity contribution in [2.24, 2.45) is 11.8 Å². The van der Waals surface area contributed by atoms with E-state index < -0.39 is 0 Å². The SMILES string of the molecule is CNC1CC(C)CCC1C(C)(C)c1ccc(F)cc1C. The van der Waals surface area contributed by atoms with Crippen LogP contribution in [-0.4, -0.2) is 13.1 Å². The molecule has 1 aliphatic rings. The standard InChI is InChI=1S/C18H28FN/c1-12-6-8-16(17(10-12)20-5)18(3,4)15-9-7-14(19)11-13(15)2/h7,9,11-12,16-17,20H,6,8,10H2,1-5H3. The highest BCUT2D eigenvalue weighted by atomic mass is 19.1. The van der Waals surface area contributed by atoms with Gasteiger partial charge in [-0.1, -0.05) is 33.3 Å². The number of aryl methyl sites for hydroxylation is 1. The number of halogens is 1. The van der Waals surface area contributed by atoms with Crippen molar-refractivity contribution in [2.45, 2.75) is 58.4 Å². The van der Waals surface area contributed by atoms with Crippen LogP contribution in [0.4, 0.5) is 4.39 Å². The molecule has 1 aromatic rings. The van der Waals surface area contributed by atoms with E-state index >= 15 is 0 Å². The Labute approximate surface area is 123 Å². The highest BCUT2D eigenvalue weighted by molar-refractivity contribution is 5.34. The fourth-order valence-corrected chi connectivity index (χ4v) is 4.11. The first-order chi connectivity index (χ1) is 9.36. The molecule has 0 saturated heterocycles. The van der Waals surface area contributed by atoms with Crippen molar-refractivity contribution in [2.75, 3.05) is 7.05 Å². The summed E-state index contributed by atoms with van der Waals surface area (Å²) < 4.78 is 13.4. The van der Waals surface area contributed by atoms with Gasteiger partial charge < -0.3 is 5.32 Å². The van der Waals surface area contributed by atoms with Crippen LogP contribution in [0.25, 0.3) is 0 Å². The lowest BCUT2D eigenvalue weighted by Crippen LogP contribution is -2.47. The van der Waals surface area contributed by atoms with Gasteiger partial charge >= 0.3 is 0 Å². The molecule has 0 spiro atoms. The molecule has 0 amide bonds. The van der Waals surface area contributed by atoms with Gasteiger partial charge in [-0.2, -0.15) is 0 Å². The molecule has 0 bridgehead atoms. The van der Waals surface area contributed by atoms with Gasteiger partial charge in [-0.05, 0) is 67.3 Å². The first kappa shape index (κ1) is 15.5. The van der Waals surface area contributed by atoms with Gasteiger partial charge in [-0.3, -0.25) is 0 Å². The summed E-state index contributed by atoms with van der Waals surface area (Å²) >= 11 is 0. The maximum Gasteiger partial charge on any atom is 0.123 e. The Hall–Kier alpha value is -0.890. The van der Waals surface area contributed by atoms with Gasteiger partial charge in [0, 0.05) is 6.04 Å². The molecule has 1 saturated carbocycles. The largest absolute Gasteiger partial charge is 0.317 e. The smallest absolute Gasteiger partial charge is 0.123 e. The Bertz CT molecular complexity index is 466. The summed E-state index contributed by atoms with van der Waals surface area (Å²) in [6.45, 7) is 9.01. The van der Waals surface area contributed by atoms with Gasteiger partial charge in [0.2, 0.25) is 0 Å². The minimum Gasteiger partial charge on any atom is -0.317 e. The third-order valence-corrected chi connectivity index (χ3v) is 5.29. The molecule has 3 unspecified atom stereocenters. The fraction of sp³-hybridized carbons (Fsp3) is 0.667. The Morgan fingerprint density at radius 2 is 1.95 bits per heavy atom. The van der Waals surface area contributed by atoms with Crippen LogP contribution in [0.1, 0.15) is 51.2 Å². The second-order valence-electron chi connectivity index (χ2n) is 7.10. The average Bonchev–Trinajstić information content (AvgIpc) is 2.37. The van der Waals surface area contributed by atoms with Crippen molar-refractivity contribution in [3.8, 4) is 0 Å². The summed E-state index contributed by atoms with van der Waals surface area (Å²) in [5, 5.41) is 3.52. The zero-order chi connectivity index (χ0) is 14.9. The van der Waals surface area contributed by atoms with Crippen LogP contribution in [0.5, 0.6) is 0 Å². The molecule has 0 radical (unpaired) electrons. The second kappa shape index (κ2) is 5.85. The lowest BCUT2D eigenvalue weighted by Gasteiger charge is -2.45. The third kappa shape index (κ3) is 2.90. The second-order valence-corrected chi connectivity index (χ2v) is 7.10. The molecule has 1 N–H and O–H groups in total. The van der Waals surface area contributed by atoms with Crippen LogP contribution in [0.2, 0.25) is 0 Å². The Morgan fingerprint density at radius 3 is 2.55 bits per heavy atom. The number of nitrogens with one attached hydrogen (secondary N) is 1. The highest BCUT2D eigenvalue weighted by Gasteiger charge is 2.39. The van der Waals surface area contributed by atoms with Crippen molar-refractivity contribution in [3.63, 3.8) is 0 Å². The van der Waals surface area contributed by atoms with Gasteiger partial charge in [0.25, 0.3) is 0 Å². The summed E-state index contributed by atoms with van der Waals surface area (Å²) in [5.74, 6) is 1.27. The third-order valence-electron chi connectivity index (χ3n) is 5.29. The molecule has 20 heavy (non-hydrogen) atoms. The minimum absolute atomic E-state index is 0.0750. The Balaban J connectivity index is 2.32. The molecular formula is C18H28FN. The Morgan fingerprint density at radius 1 is 1.25 bits per heavy atom. The van der Waals surface area contributed by atoms with Crippen LogP contribution in [0, 0.1) is 24.6 Å². The van der Waals surface area contributed by atoms with E-state index in [-0.39, 0.29) is 11.2 Å². The zero-order valence-corrected chi connectivity index (χ0v) is 13.5. The number of hydrogen-bond acceptors (Lipinski definition) is 1. The van der Waals surface area contributed by atoms with Gasteiger partial charge in [-0.25, -0.2) is 4.39 Å². The summed E-state index contributed by atoms with van der Waals surface area (Å²) in [4.78, 5) is 0. The van der Waals surface area contributed by atoms with E-state index in [1.807, 2.05) is 13.0 Å². The first-order valence-corrected chi connectivity index (χ1v) is 7.80. The normalized spacial score (nSPS) is 27.6. The van der Waals surface area contributed by atoms with E-state index in [9.17, 15) is 4.39 Å². The van der Waals surface area contributed by atoms with E-state index in [2.05, 4.69) is 33.1 Å². The molecular weight excluding hydrogens is 249 g/mol. The molecule has 1 aromatic carbocycles. The number of hydrogen-bond donors (Lipinski definition) is 1. The molecule has 0 aromatic heterocycles. The van der Waals surface area contributed by atoms with Crippen molar-refractivity contribution in [1.82, 2.24) is 5.32 Å². The van der Waals surface area contributed by atoms with Gasteiger partial charge in [0.05, 0.1) is 0 Å². The molecule has 1 aliphatic carbocycles. The highest BCUT2D eigenvalue weighted by Crippen LogP contribution is 2.43. The van der Waals surface area contributed by atoms with Crippen molar-refractivity contribution in [3.05, 3.63) is 35.1 Å². The van der Waals surface area contributed by atoms with E-state index in [0.29, 0.717) is 12.0 Å². The molecule has 112 valence electrons. The van der Waals surface area contributed by atoms with E-state index in [1.165, 1.54) is 24.8 Å². The van der Waals surface area contributed by atoms with Crippen LogP contribution in [0.3, 0.4) is 0 Å². The minimum atomic E-state index is -0.135. The van der Waals surface area contributed by atoms with Crippen LogP contribution in [0.15, 0.2) is 18.2 Å². The molecule has 1 fully saturated rings. The lowest BCUT2D eigenvalue weighted by molar-refractivity contribution is 0.151. The monoisotopic (exact) mass is 277 g/mol.